The molecule has 0 atom stereocenters. The molecule has 0 unspecified atom stereocenters. The van der Waals surface area contributed by atoms with E-state index >= 15 is 0 Å². The van der Waals surface area contributed by atoms with Crippen molar-refractivity contribution in [2.75, 3.05) is 24.7 Å². The first-order valence-corrected chi connectivity index (χ1v) is 8.91. The number of anilines is 2. The zero-order chi connectivity index (χ0) is 17.4. The highest BCUT2D eigenvalue weighted by atomic mass is 15.3. The SMILES string of the molecule is CN(C)c1ccc(-c2cnn3c(N)cc(C4CCCCC4)nc23)cn1. The number of nitrogens with zero attached hydrogens (tertiary/aromatic N) is 5. The second kappa shape index (κ2) is 6.35. The Morgan fingerprint density at radius 3 is 2.60 bits per heavy atom. The van der Waals surface area contributed by atoms with Gasteiger partial charge in [0.1, 0.15) is 11.6 Å². The van der Waals surface area contributed by atoms with Crippen molar-refractivity contribution in [3.63, 3.8) is 0 Å². The van der Waals surface area contributed by atoms with Gasteiger partial charge in [0.05, 0.1) is 6.20 Å². The van der Waals surface area contributed by atoms with Gasteiger partial charge in [-0.05, 0) is 25.0 Å². The third-order valence-electron chi connectivity index (χ3n) is 5.06. The van der Waals surface area contributed by atoms with Crippen LogP contribution in [-0.4, -0.2) is 33.7 Å². The summed E-state index contributed by atoms with van der Waals surface area (Å²) in [4.78, 5) is 11.4. The van der Waals surface area contributed by atoms with Gasteiger partial charge in [-0.15, -0.1) is 0 Å². The van der Waals surface area contributed by atoms with Gasteiger partial charge in [-0.3, -0.25) is 0 Å². The first kappa shape index (κ1) is 15.9. The zero-order valence-corrected chi connectivity index (χ0v) is 14.8. The molecule has 130 valence electrons. The average Bonchev–Trinajstić information content (AvgIpc) is 3.07. The highest BCUT2D eigenvalue weighted by Crippen LogP contribution is 2.34. The molecule has 1 aliphatic rings. The van der Waals surface area contributed by atoms with Crippen molar-refractivity contribution in [2.24, 2.45) is 0 Å². The van der Waals surface area contributed by atoms with Gasteiger partial charge in [0.15, 0.2) is 5.65 Å². The van der Waals surface area contributed by atoms with E-state index in [4.69, 9.17) is 10.7 Å². The Morgan fingerprint density at radius 2 is 1.92 bits per heavy atom. The van der Waals surface area contributed by atoms with Crippen molar-refractivity contribution in [2.45, 2.75) is 38.0 Å². The number of aromatic nitrogens is 4. The fraction of sp³-hybridized carbons (Fsp3) is 0.421. The maximum Gasteiger partial charge on any atom is 0.165 e. The normalized spacial score (nSPS) is 15.6. The van der Waals surface area contributed by atoms with Crippen molar-refractivity contribution < 1.29 is 0 Å². The van der Waals surface area contributed by atoms with E-state index < -0.39 is 0 Å². The van der Waals surface area contributed by atoms with Crippen LogP contribution in [0.15, 0.2) is 30.6 Å². The van der Waals surface area contributed by atoms with E-state index in [9.17, 15) is 0 Å². The van der Waals surface area contributed by atoms with Crippen LogP contribution in [0.25, 0.3) is 16.8 Å². The van der Waals surface area contributed by atoms with E-state index in [1.165, 1.54) is 32.1 Å². The van der Waals surface area contributed by atoms with E-state index in [0.717, 1.165) is 28.3 Å². The van der Waals surface area contributed by atoms with Crippen LogP contribution in [0, 0.1) is 0 Å². The van der Waals surface area contributed by atoms with Gasteiger partial charge in [0.2, 0.25) is 0 Å². The summed E-state index contributed by atoms with van der Waals surface area (Å²) in [5.74, 6) is 2.09. The summed E-state index contributed by atoms with van der Waals surface area (Å²) < 4.78 is 1.72. The molecule has 0 aliphatic heterocycles. The molecular formula is C19H24N6. The lowest BCUT2D eigenvalue weighted by Gasteiger charge is -2.21. The maximum absolute atomic E-state index is 6.26. The van der Waals surface area contributed by atoms with E-state index in [1.807, 2.05) is 43.5 Å². The summed E-state index contributed by atoms with van der Waals surface area (Å²) >= 11 is 0. The first-order valence-electron chi connectivity index (χ1n) is 8.91. The standard InChI is InChI=1S/C19H24N6/c1-24(2)18-9-8-14(11-21-18)15-12-22-25-17(20)10-16(23-19(15)25)13-6-4-3-5-7-13/h8-13H,3-7,20H2,1-2H3. The van der Waals surface area contributed by atoms with Gasteiger partial charge >= 0.3 is 0 Å². The fourth-order valence-corrected chi connectivity index (χ4v) is 3.63. The van der Waals surface area contributed by atoms with Crippen LogP contribution in [-0.2, 0) is 0 Å². The average molecular weight is 336 g/mol. The molecular weight excluding hydrogens is 312 g/mol. The smallest absolute Gasteiger partial charge is 0.165 e. The number of hydrogen-bond donors (Lipinski definition) is 1. The number of pyridine rings is 1. The van der Waals surface area contributed by atoms with Crippen LogP contribution >= 0.6 is 0 Å². The Hall–Kier alpha value is -2.63. The van der Waals surface area contributed by atoms with Crippen molar-refractivity contribution in [3.8, 4) is 11.1 Å². The molecule has 0 saturated heterocycles. The second-order valence-corrected chi connectivity index (χ2v) is 7.03. The summed E-state index contributed by atoms with van der Waals surface area (Å²) in [6.07, 6.45) is 9.98. The number of nitrogens with two attached hydrogens (primary N) is 1. The van der Waals surface area contributed by atoms with Crippen molar-refractivity contribution in [1.82, 2.24) is 19.6 Å². The van der Waals surface area contributed by atoms with Gasteiger partial charge in [0, 0.05) is 49.1 Å². The Bertz CT molecular complexity index is 875. The zero-order valence-electron chi connectivity index (χ0n) is 14.8. The predicted octanol–water partition coefficient (Wildman–Crippen LogP) is 3.49. The Kier molecular flexibility index (Phi) is 4.03. The summed E-state index contributed by atoms with van der Waals surface area (Å²) in [6, 6.07) is 6.06. The highest BCUT2D eigenvalue weighted by molar-refractivity contribution is 5.78. The lowest BCUT2D eigenvalue weighted by atomic mass is 9.87. The molecule has 0 bridgehead atoms. The predicted molar refractivity (Wildman–Crippen MR) is 101 cm³/mol. The van der Waals surface area contributed by atoms with E-state index in [0.29, 0.717) is 11.7 Å². The minimum atomic E-state index is 0.512. The van der Waals surface area contributed by atoms with Crippen molar-refractivity contribution >= 4 is 17.3 Å². The topological polar surface area (TPSA) is 72.3 Å². The molecule has 3 aromatic rings. The molecule has 3 aromatic heterocycles. The molecule has 1 aliphatic carbocycles. The third-order valence-corrected chi connectivity index (χ3v) is 5.06. The van der Waals surface area contributed by atoms with E-state index in [2.05, 4.69) is 16.1 Å². The van der Waals surface area contributed by atoms with Gasteiger partial charge < -0.3 is 10.6 Å². The minimum absolute atomic E-state index is 0.512. The second-order valence-electron chi connectivity index (χ2n) is 7.03. The number of fused-ring (bicyclic) bond motifs is 1. The number of rotatable bonds is 3. The van der Waals surface area contributed by atoms with Gasteiger partial charge in [-0.25, -0.2) is 9.97 Å². The Morgan fingerprint density at radius 1 is 1.12 bits per heavy atom. The van der Waals surface area contributed by atoms with Gasteiger partial charge in [-0.2, -0.15) is 9.61 Å². The molecule has 1 fully saturated rings. The van der Waals surface area contributed by atoms with E-state index in [1.54, 1.807) is 4.52 Å². The lowest BCUT2D eigenvalue weighted by Crippen LogP contribution is -2.10. The summed E-state index contributed by atoms with van der Waals surface area (Å²) in [5, 5.41) is 4.43. The lowest BCUT2D eigenvalue weighted by molar-refractivity contribution is 0.437. The van der Waals surface area contributed by atoms with Crippen LogP contribution in [0.5, 0.6) is 0 Å². The van der Waals surface area contributed by atoms with E-state index in [-0.39, 0.29) is 0 Å². The molecule has 0 aromatic carbocycles. The monoisotopic (exact) mass is 336 g/mol. The molecule has 0 amide bonds. The largest absolute Gasteiger partial charge is 0.384 e. The minimum Gasteiger partial charge on any atom is -0.384 e. The Labute approximate surface area is 147 Å². The first-order chi connectivity index (χ1) is 12.1. The van der Waals surface area contributed by atoms with Gasteiger partial charge in [0.25, 0.3) is 0 Å². The summed E-state index contributed by atoms with van der Waals surface area (Å²) in [7, 11) is 3.96. The van der Waals surface area contributed by atoms with Crippen LogP contribution < -0.4 is 10.6 Å². The van der Waals surface area contributed by atoms with Gasteiger partial charge in [-0.1, -0.05) is 19.3 Å². The van der Waals surface area contributed by atoms with Crippen LogP contribution in [0.1, 0.15) is 43.7 Å². The maximum atomic E-state index is 6.26. The number of nitrogen functional groups attached to an aromatic ring is 1. The van der Waals surface area contributed by atoms with Crippen LogP contribution in [0.3, 0.4) is 0 Å². The number of hydrogen-bond acceptors (Lipinski definition) is 5. The highest BCUT2D eigenvalue weighted by Gasteiger charge is 2.20. The molecule has 25 heavy (non-hydrogen) atoms. The quantitative estimate of drug-likeness (QED) is 0.792. The van der Waals surface area contributed by atoms with Crippen LogP contribution in [0.2, 0.25) is 0 Å². The molecule has 1 saturated carbocycles. The fourth-order valence-electron chi connectivity index (χ4n) is 3.63. The molecule has 0 radical (unpaired) electrons. The van der Waals surface area contributed by atoms with Crippen molar-refractivity contribution in [3.05, 3.63) is 36.3 Å². The molecule has 6 heteroatoms. The molecule has 3 heterocycles. The van der Waals surface area contributed by atoms with Crippen molar-refractivity contribution in [1.29, 1.82) is 0 Å². The summed E-state index contributed by atoms with van der Waals surface area (Å²) in [6.45, 7) is 0. The molecule has 4 rings (SSSR count). The molecule has 6 nitrogen and oxygen atoms in total. The molecule has 2 N–H and O–H groups in total. The Balaban J connectivity index is 1.77. The molecule has 0 spiro atoms. The summed E-state index contributed by atoms with van der Waals surface area (Å²) in [5.41, 5.74) is 10.2. The third kappa shape index (κ3) is 2.92. The van der Waals surface area contributed by atoms with Crippen LogP contribution in [0.4, 0.5) is 11.6 Å².